The van der Waals surface area contributed by atoms with Gasteiger partial charge in [-0.05, 0) is 102 Å². The van der Waals surface area contributed by atoms with E-state index in [0.29, 0.717) is 36.0 Å². The maximum atomic E-state index is 12.4. The number of carboxylic acid groups (broad SMARTS) is 1. The molecule has 0 aromatic heterocycles. The summed E-state index contributed by atoms with van der Waals surface area (Å²) in [6.07, 6.45) is 11.7. The van der Waals surface area contributed by atoms with E-state index in [1.807, 2.05) is 26.0 Å². The first-order valence-electron chi connectivity index (χ1n) is 13.6. The summed E-state index contributed by atoms with van der Waals surface area (Å²) in [6, 6.07) is 11.9. The Morgan fingerprint density at radius 2 is 1.83 bits per heavy atom. The molecule has 2 aliphatic carbocycles. The molecule has 192 valence electrons. The van der Waals surface area contributed by atoms with Gasteiger partial charge in [0.1, 0.15) is 11.5 Å². The first-order chi connectivity index (χ1) is 17.3. The molecule has 4 rings (SSSR count). The summed E-state index contributed by atoms with van der Waals surface area (Å²) >= 11 is 0. The largest absolute Gasteiger partial charge is 0.497 e. The highest BCUT2D eigenvalue weighted by Crippen LogP contribution is 2.65. The van der Waals surface area contributed by atoms with Crippen molar-refractivity contribution < 1.29 is 19.4 Å². The van der Waals surface area contributed by atoms with E-state index in [9.17, 15) is 14.7 Å². The average Bonchev–Trinajstić information content (AvgIpc) is 3.61. The van der Waals surface area contributed by atoms with Gasteiger partial charge in [0.25, 0.3) is 0 Å². The predicted molar refractivity (Wildman–Crippen MR) is 146 cm³/mol. The Morgan fingerprint density at radius 1 is 1.08 bits per heavy atom. The van der Waals surface area contributed by atoms with E-state index in [2.05, 4.69) is 25.1 Å². The molecule has 0 amide bonds. The van der Waals surface area contributed by atoms with Crippen molar-refractivity contribution in [3.05, 3.63) is 64.2 Å². The normalized spacial score (nSPS) is 22.3. The van der Waals surface area contributed by atoms with Crippen LogP contribution in [-0.2, 0) is 4.79 Å². The highest BCUT2D eigenvalue weighted by Gasteiger charge is 2.54. The molecule has 4 nitrogen and oxygen atoms in total. The Labute approximate surface area is 215 Å². The molecule has 2 fully saturated rings. The Bertz CT molecular complexity index is 1150. The van der Waals surface area contributed by atoms with E-state index in [-0.39, 0.29) is 5.41 Å². The molecule has 2 aromatic rings. The number of rotatable bonds is 10. The van der Waals surface area contributed by atoms with E-state index < -0.39 is 5.97 Å². The highest BCUT2D eigenvalue weighted by atomic mass is 16.5. The zero-order chi connectivity index (χ0) is 25.9. The first-order valence-corrected chi connectivity index (χ1v) is 13.6. The van der Waals surface area contributed by atoms with Crippen molar-refractivity contribution >= 4 is 23.4 Å². The third-order valence-electron chi connectivity index (χ3n) is 8.65. The molecule has 0 heterocycles. The third kappa shape index (κ3) is 5.43. The quantitative estimate of drug-likeness (QED) is 0.343. The van der Waals surface area contributed by atoms with Crippen LogP contribution < -0.4 is 4.74 Å². The number of methoxy groups -OCH3 is 1. The van der Waals surface area contributed by atoms with Crippen LogP contribution >= 0.6 is 0 Å². The lowest BCUT2D eigenvalue weighted by molar-refractivity contribution is -0.120. The number of ketones is 1. The first kappa shape index (κ1) is 26.2. The number of carboxylic acids is 1. The number of aromatic carboxylic acids is 1. The highest BCUT2D eigenvalue weighted by molar-refractivity contribution is 5.90. The number of hydrogen-bond acceptors (Lipinski definition) is 3. The summed E-state index contributed by atoms with van der Waals surface area (Å²) in [7, 11) is 1.70. The molecule has 0 saturated heterocycles. The van der Waals surface area contributed by atoms with E-state index in [1.54, 1.807) is 19.2 Å². The molecule has 2 aliphatic rings. The molecular formula is C32H40O4. The van der Waals surface area contributed by atoms with Crippen molar-refractivity contribution in [3.8, 4) is 5.75 Å². The number of Topliss-reactive ketones (excluding diaryl/α,β-unsaturated/α-hetero) is 1. The molecule has 0 radical (unpaired) electrons. The molecule has 0 aliphatic heterocycles. The van der Waals surface area contributed by atoms with Crippen LogP contribution in [0, 0.1) is 18.3 Å². The van der Waals surface area contributed by atoms with Crippen LogP contribution in [0.2, 0.25) is 0 Å². The number of benzene rings is 2. The molecule has 1 N–H and O–H groups in total. The van der Waals surface area contributed by atoms with Crippen LogP contribution in [0.25, 0.3) is 11.6 Å². The van der Waals surface area contributed by atoms with Gasteiger partial charge in [-0.2, -0.15) is 0 Å². The van der Waals surface area contributed by atoms with Crippen LogP contribution in [0.5, 0.6) is 5.75 Å². The number of allylic oxidation sites excluding steroid dienone is 1. The van der Waals surface area contributed by atoms with Crippen molar-refractivity contribution in [1.82, 2.24) is 0 Å². The van der Waals surface area contributed by atoms with Crippen molar-refractivity contribution in [3.63, 3.8) is 0 Å². The van der Waals surface area contributed by atoms with Gasteiger partial charge in [-0.3, -0.25) is 4.79 Å². The van der Waals surface area contributed by atoms with E-state index in [1.165, 1.54) is 36.0 Å². The lowest BCUT2D eigenvalue weighted by Crippen LogP contribution is -2.11. The van der Waals surface area contributed by atoms with Gasteiger partial charge in [0.05, 0.1) is 12.7 Å². The minimum absolute atomic E-state index is 0.0477. The summed E-state index contributed by atoms with van der Waals surface area (Å²) in [6.45, 7) is 6.18. The van der Waals surface area contributed by atoms with Gasteiger partial charge in [0.15, 0.2) is 0 Å². The topological polar surface area (TPSA) is 63.6 Å². The van der Waals surface area contributed by atoms with Crippen LogP contribution in [0.4, 0.5) is 0 Å². The lowest BCUT2D eigenvalue weighted by atomic mass is 9.78. The Balaban J connectivity index is 1.80. The van der Waals surface area contributed by atoms with Crippen molar-refractivity contribution in [2.75, 3.05) is 7.11 Å². The fourth-order valence-corrected chi connectivity index (χ4v) is 6.25. The second-order valence-corrected chi connectivity index (χ2v) is 10.8. The maximum Gasteiger partial charge on any atom is 0.335 e. The van der Waals surface area contributed by atoms with E-state index in [4.69, 9.17) is 4.74 Å². The summed E-state index contributed by atoms with van der Waals surface area (Å²) in [5.41, 5.74) is 6.30. The van der Waals surface area contributed by atoms with Crippen molar-refractivity contribution in [2.45, 2.75) is 84.5 Å². The number of carbonyl (C=O) groups is 2. The molecule has 0 spiro atoms. The van der Waals surface area contributed by atoms with Gasteiger partial charge in [-0.1, -0.05) is 51.3 Å². The summed E-state index contributed by atoms with van der Waals surface area (Å²) < 4.78 is 5.61. The average molecular weight is 489 g/mol. The van der Waals surface area contributed by atoms with E-state index >= 15 is 0 Å². The van der Waals surface area contributed by atoms with Gasteiger partial charge in [0.2, 0.25) is 0 Å². The van der Waals surface area contributed by atoms with Gasteiger partial charge in [-0.25, -0.2) is 4.79 Å². The minimum Gasteiger partial charge on any atom is -0.497 e. The number of hydrogen-bond donors (Lipinski definition) is 1. The molecule has 4 heteroatoms. The Morgan fingerprint density at radius 3 is 2.44 bits per heavy atom. The van der Waals surface area contributed by atoms with Gasteiger partial charge < -0.3 is 9.84 Å². The Kier molecular flexibility index (Phi) is 8.02. The van der Waals surface area contributed by atoms with Gasteiger partial charge >= 0.3 is 5.97 Å². The lowest BCUT2D eigenvalue weighted by Gasteiger charge is -2.27. The fourth-order valence-electron chi connectivity index (χ4n) is 6.25. The third-order valence-corrected chi connectivity index (χ3v) is 8.65. The number of ether oxygens (including phenoxy) is 1. The fraction of sp³-hybridized carbons (Fsp3) is 0.500. The van der Waals surface area contributed by atoms with E-state index in [0.717, 1.165) is 42.6 Å². The SMILES string of the molecule is CCC(=O)CC1(CC)CC1c1cc(OC)ccc1/C=C(/c1ccc(C(=O)O)cc1C)C1CCCCC1. The van der Waals surface area contributed by atoms with Crippen LogP contribution in [0.3, 0.4) is 0 Å². The van der Waals surface area contributed by atoms with Crippen LogP contribution in [0.1, 0.15) is 110 Å². The van der Waals surface area contributed by atoms with Crippen LogP contribution in [0.15, 0.2) is 36.4 Å². The second kappa shape index (κ2) is 11.0. The minimum atomic E-state index is -0.892. The number of aryl methyl sites for hydroxylation is 1. The standard InChI is InChI=1S/C32H40O4/c1-5-25(33)19-32(6-2)20-30(32)29-18-26(36-4)14-12-23(29)17-28(22-10-8-7-9-11-22)27-15-13-24(31(34)35)16-21(27)3/h12-18,22,30H,5-11,19-20H2,1-4H3,(H,34,35)/b28-17+. The van der Waals surface area contributed by atoms with Crippen LogP contribution in [-0.4, -0.2) is 24.0 Å². The zero-order valence-electron chi connectivity index (χ0n) is 22.2. The summed E-state index contributed by atoms with van der Waals surface area (Å²) in [5.74, 6) is 1.11. The molecule has 36 heavy (non-hydrogen) atoms. The van der Waals surface area contributed by atoms with Crippen molar-refractivity contribution in [2.24, 2.45) is 11.3 Å². The smallest absolute Gasteiger partial charge is 0.335 e. The summed E-state index contributed by atoms with van der Waals surface area (Å²) in [5, 5.41) is 9.48. The van der Waals surface area contributed by atoms with Crippen molar-refractivity contribution in [1.29, 1.82) is 0 Å². The van der Waals surface area contributed by atoms with Gasteiger partial charge in [-0.15, -0.1) is 0 Å². The summed E-state index contributed by atoms with van der Waals surface area (Å²) in [4.78, 5) is 24.0. The second-order valence-electron chi connectivity index (χ2n) is 10.8. The number of carbonyl (C=O) groups excluding carboxylic acids is 1. The molecule has 2 saturated carbocycles. The predicted octanol–water partition coefficient (Wildman–Crippen LogP) is 8.08. The zero-order valence-corrected chi connectivity index (χ0v) is 22.2. The molecule has 2 atom stereocenters. The Hall–Kier alpha value is -2.88. The molecule has 2 aromatic carbocycles. The monoisotopic (exact) mass is 488 g/mol. The molecular weight excluding hydrogens is 448 g/mol. The van der Waals surface area contributed by atoms with Gasteiger partial charge in [0, 0.05) is 12.8 Å². The molecule has 0 bridgehead atoms. The molecule has 2 unspecified atom stereocenters. The maximum absolute atomic E-state index is 12.4.